The van der Waals surface area contributed by atoms with Crippen LogP contribution in [0.15, 0.2) is 30.5 Å². The zero-order chi connectivity index (χ0) is 15.8. The summed E-state index contributed by atoms with van der Waals surface area (Å²) in [5, 5.41) is 13.5. The molecule has 1 aromatic heterocycles. The first-order valence-corrected chi connectivity index (χ1v) is 8.78. The molecule has 23 heavy (non-hydrogen) atoms. The molecular formula is C17H19N3O2S. The van der Waals surface area contributed by atoms with Crippen LogP contribution < -0.4 is 5.32 Å². The van der Waals surface area contributed by atoms with Crippen molar-refractivity contribution in [2.24, 2.45) is 5.92 Å². The molecule has 1 unspecified atom stereocenters. The maximum absolute atomic E-state index is 12.4. The van der Waals surface area contributed by atoms with Gasteiger partial charge < -0.3 is 15.3 Å². The highest BCUT2D eigenvalue weighted by Gasteiger charge is 2.33. The number of hydrogen-bond acceptors (Lipinski definition) is 5. The fraction of sp³-hybridized carbons (Fsp3) is 0.412. The number of carbonyl (C=O) groups excluding carboxylic acids is 1. The zero-order valence-corrected chi connectivity index (χ0v) is 13.6. The molecule has 4 rings (SSSR count). The Morgan fingerprint density at radius 3 is 3.04 bits per heavy atom. The van der Waals surface area contributed by atoms with Gasteiger partial charge in [-0.15, -0.1) is 11.3 Å². The smallest absolute Gasteiger partial charge is 0.280 e. The molecule has 1 amide bonds. The van der Waals surface area contributed by atoms with Crippen molar-refractivity contribution in [3.63, 3.8) is 0 Å². The molecule has 6 heteroatoms. The van der Waals surface area contributed by atoms with Gasteiger partial charge in [0, 0.05) is 30.9 Å². The Morgan fingerprint density at radius 2 is 2.22 bits per heavy atom. The van der Waals surface area contributed by atoms with E-state index in [1.807, 2.05) is 12.1 Å². The van der Waals surface area contributed by atoms with Gasteiger partial charge in [0.1, 0.15) is 5.75 Å². The number of benzene rings is 1. The lowest BCUT2D eigenvalue weighted by Crippen LogP contribution is -2.46. The summed E-state index contributed by atoms with van der Waals surface area (Å²) < 4.78 is 0. The predicted molar refractivity (Wildman–Crippen MR) is 89.6 cm³/mol. The summed E-state index contributed by atoms with van der Waals surface area (Å²) in [4.78, 5) is 19.9. The average Bonchev–Trinajstić information content (AvgIpc) is 3.15. The molecule has 2 aromatic rings. The summed E-state index contributed by atoms with van der Waals surface area (Å²) in [5.74, 6) is 0.825. The molecule has 2 fully saturated rings. The molecule has 3 atom stereocenters. The fourth-order valence-corrected chi connectivity index (χ4v) is 4.45. The third kappa shape index (κ3) is 2.96. The maximum atomic E-state index is 12.4. The number of thiazole rings is 1. The average molecular weight is 329 g/mol. The molecule has 0 aliphatic carbocycles. The summed E-state index contributed by atoms with van der Waals surface area (Å²) in [6.45, 7) is 3.28. The second kappa shape index (κ2) is 5.94. The van der Waals surface area contributed by atoms with Gasteiger partial charge >= 0.3 is 0 Å². The van der Waals surface area contributed by atoms with Crippen molar-refractivity contribution >= 4 is 17.2 Å². The first-order chi connectivity index (χ1) is 11.2. The molecule has 0 spiro atoms. The number of fused-ring (bicyclic) bond motifs is 2. The molecule has 3 heterocycles. The van der Waals surface area contributed by atoms with Gasteiger partial charge in [-0.05, 0) is 37.4 Å². The minimum Gasteiger partial charge on any atom is -0.507 e. The highest BCUT2D eigenvalue weighted by Crippen LogP contribution is 2.33. The van der Waals surface area contributed by atoms with Crippen molar-refractivity contribution in [1.82, 2.24) is 15.2 Å². The molecule has 1 aromatic carbocycles. The number of nitrogens with one attached hydrogen (secondary N) is 1. The number of rotatable bonds is 3. The number of piperidine rings is 1. The Balaban J connectivity index is 1.46. The molecule has 2 N–H and O–H groups in total. The predicted octanol–water partition coefficient (Wildman–Crippen LogP) is 2.34. The monoisotopic (exact) mass is 329 g/mol. The van der Waals surface area contributed by atoms with E-state index in [1.165, 1.54) is 24.3 Å². The van der Waals surface area contributed by atoms with Gasteiger partial charge in [-0.25, -0.2) is 4.98 Å². The number of phenols is 1. The van der Waals surface area contributed by atoms with Crippen molar-refractivity contribution in [3.8, 4) is 16.2 Å². The first-order valence-electron chi connectivity index (χ1n) is 7.96. The fourth-order valence-electron chi connectivity index (χ4n) is 3.60. The number of aromatic hydroxyl groups is 1. The van der Waals surface area contributed by atoms with E-state index in [1.54, 1.807) is 18.3 Å². The molecule has 2 aliphatic rings. The lowest BCUT2D eigenvalue weighted by atomic mass is 9.97. The molecule has 0 saturated carbocycles. The van der Waals surface area contributed by atoms with Crippen LogP contribution in [0.4, 0.5) is 0 Å². The summed E-state index contributed by atoms with van der Waals surface area (Å²) >= 11 is 1.32. The molecule has 0 radical (unpaired) electrons. The van der Waals surface area contributed by atoms with E-state index in [-0.39, 0.29) is 17.7 Å². The maximum Gasteiger partial charge on any atom is 0.280 e. The zero-order valence-electron chi connectivity index (χ0n) is 12.7. The minimum atomic E-state index is -0.107. The lowest BCUT2D eigenvalue weighted by molar-refractivity contribution is 0.0909. The second-order valence-electron chi connectivity index (χ2n) is 6.37. The number of para-hydroxylation sites is 1. The van der Waals surface area contributed by atoms with E-state index in [4.69, 9.17) is 0 Å². The van der Waals surface area contributed by atoms with Gasteiger partial charge in [-0.3, -0.25) is 4.79 Å². The van der Waals surface area contributed by atoms with Crippen LogP contribution in [0.5, 0.6) is 5.75 Å². The van der Waals surface area contributed by atoms with Gasteiger partial charge in [0.15, 0.2) is 5.01 Å². The van der Waals surface area contributed by atoms with E-state index in [9.17, 15) is 9.90 Å². The molecule has 2 bridgehead atoms. The van der Waals surface area contributed by atoms with E-state index < -0.39 is 0 Å². The van der Waals surface area contributed by atoms with Crippen LogP contribution in [0.2, 0.25) is 0 Å². The summed E-state index contributed by atoms with van der Waals surface area (Å²) in [6.07, 6.45) is 3.98. The number of phenolic OH excluding ortho intramolecular Hbond substituents is 1. The third-order valence-electron chi connectivity index (χ3n) is 4.67. The van der Waals surface area contributed by atoms with Gasteiger partial charge in [0.25, 0.3) is 5.91 Å². The Kier molecular flexibility index (Phi) is 3.79. The highest BCUT2D eigenvalue weighted by molar-refractivity contribution is 7.17. The van der Waals surface area contributed by atoms with Crippen molar-refractivity contribution in [3.05, 3.63) is 35.5 Å². The Bertz CT molecular complexity index is 718. The van der Waals surface area contributed by atoms with Crippen LogP contribution in [0.3, 0.4) is 0 Å². The van der Waals surface area contributed by atoms with E-state index in [2.05, 4.69) is 15.2 Å². The summed E-state index contributed by atoms with van der Waals surface area (Å²) in [5.41, 5.74) is 0.714. The minimum absolute atomic E-state index is 0.107. The quantitative estimate of drug-likeness (QED) is 0.907. The normalized spacial score (nSPS) is 26.2. The van der Waals surface area contributed by atoms with Crippen molar-refractivity contribution < 1.29 is 9.90 Å². The van der Waals surface area contributed by atoms with Crippen LogP contribution in [-0.4, -0.2) is 46.6 Å². The van der Waals surface area contributed by atoms with Crippen LogP contribution in [0.25, 0.3) is 10.4 Å². The number of hydrogen-bond donors (Lipinski definition) is 2. The van der Waals surface area contributed by atoms with E-state index >= 15 is 0 Å². The van der Waals surface area contributed by atoms with Crippen LogP contribution in [-0.2, 0) is 0 Å². The summed E-state index contributed by atoms with van der Waals surface area (Å²) in [6, 6.07) is 7.33. The van der Waals surface area contributed by atoms with E-state index in [0.29, 0.717) is 10.6 Å². The number of amides is 1. The van der Waals surface area contributed by atoms with Gasteiger partial charge in [0.2, 0.25) is 0 Å². The van der Waals surface area contributed by atoms with Gasteiger partial charge in [0.05, 0.1) is 4.88 Å². The first kappa shape index (κ1) is 14.7. The SMILES string of the molecule is O=C(N[C@@H]1C[C@H]2CCN(C2)C1)c1ncc(-c2ccccc2O)s1. The molecule has 2 aliphatic heterocycles. The van der Waals surface area contributed by atoms with Crippen molar-refractivity contribution in [2.45, 2.75) is 18.9 Å². The second-order valence-corrected chi connectivity index (χ2v) is 7.40. The highest BCUT2D eigenvalue weighted by atomic mass is 32.1. The molecule has 5 nitrogen and oxygen atoms in total. The standard InChI is InChI=1S/C17H19N3O2S/c21-14-4-2-1-3-13(14)15-8-18-17(23-15)16(22)19-12-7-11-5-6-20(9-11)10-12/h1-4,8,11-12,21H,5-7,9-10H2,(H,19,22)/t11-,12-/m1/s1. The Labute approximate surface area is 139 Å². The number of aromatic nitrogens is 1. The Hall–Kier alpha value is -1.92. The van der Waals surface area contributed by atoms with Crippen LogP contribution >= 0.6 is 11.3 Å². The van der Waals surface area contributed by atoms with Gasteiger partial charge in [-0.1, -0.05) is 12.1 Å². The lowest BCUT2D eigenvalue weighted by Gasteiger charge is -2.30. The van der Waals surface area contributed by atoms with Gasteiger partial charge in [-0.2, -0.15) is 0 Å². The number of nitrogens with zero attached hydrogens (tertiary/aromatic N) is 2. The molecule has 120 valence electrons. The number of carbonyl (C=O) groups is 1. The Morgan fingerprint density at radius 1 is 1.35 bits per heavy atom. The topological polar surface area (TPSA) is 65.5 Å². The van der Waals surface area contributed by atoms with Crippen molar-refractivity contribution in [1.29, 1.82) is 0 Å². The largest absolute Gasteiger partial charge is 0.507 e. The van der Waals surface area contributed by atoms with Crippen molar-refractivity contribution in [2.75, 3.05) is 19.6 Å². The molecule has 2 saturated heterocycles. The van der Waals surface area contributed by atoms with E-state index in [0.717, 1.165) is 30.3 Å². The summed E-state index contributed by atoms with van der Waals surface area (Å²) in [7, 11) is 0. The molecular weight excluding hydrogens is 310 g/mol. The van der Waals surface area contributed by atoms with Crippen LogP contribution in [0, 0.1) is 5.92 Å². The third-order valence-corrected chi connectivity index (χ3v) is 5.70. The van der Waals surface area contributed by atoms with Crippen LogP contribution in [0.1, 0.15) is 22.6 Å².